The Morgan fingerprint density at radius 3 is 2.06 bits per heavy atom. The molecule has 1 aromatic heterocycles. The summed E-state index contributed by atoms with van der Waals surface area (Å²) < 4.78 is 5.24. The molecule has 0 saturated carbocycles. The average Bonchev–Trinajstić information content (AvgIpc) is 3.10. The zero-order valence-electron chi connectivity index (χ0n) is 27.8. The Hall–Kier alpha value is -5.99. The highest BCUT2D eigenvalue weighted by atomic mass is 16.5. The molecule has 0 saturated heterocycles. The second kappa shape index (κ2) is 20.4. The third kappa shape index (κ3) is 13.6. The van der Waals surface area contributed by atoms with Crippen LogP contribution in [0, 0.1) is 10.8 Å². The van der Waals surface area contributed by atoms with Gasteiger partial charge in [0.15, 0.2) is 5.96 Å². The van der Waals surface area contributed by atoms with Crippen LogP contribution < -0.4 is 38.5 Å². The number of ether oxygens (including phenoxy) is 1. The molecule has 15 heteroatoms. The highest BCUT2D eigenvalue weighted by molar-refractivity contribution is 5.95. The smallest absolute Gasteiger partial charge is 0.407 e. The zero-order valence-corrected chi connectivity index (χ0v) is 27.8. The molecule has 0 aliphatic carbocycles. The van der Waals surface area contributed by atoms with Crippen molar-refractivity contribution in [3.63, 3.8) is 0 Å². The minimum Gasteiger partial charge on any atom is -0.445 e. The number of benzene rings is 2. The third-order valence-electron chi connectivity index (χ3n) is 7.79. The molecular formula is C35H46N10O5. The number of nitrogen functional groups attached to an aromatic ring is 1. The number of alkyl carbamates (subject to hydrolysis) is 1. The molecule has 3 aromatic rings. The number of hydrogen-bond donors (Lipinski definition) is 9. The standard InChI is InChI=1S/C35H46N10O5/c36-30(37)25-15-13-23(14-16-25)20-27(26-10-6-17-41-21-26)32(47)45-29(33(48)44-28(31(38)46)12-7-19-42-34(39)40)11-4-5-18-43-35(49)50-22-24-8-2-1-3-9-24/h1-3,6,8-10,13-17,21,27-29H,4-5,7,11-12,18-20,22H2,(H3,36,37)(H2,38,46)(H,43,49)(H,44,48)(H,45,47)(H4,39,40,42)/t27-,28+,29+/m1/s1. The van der Waals surface area contributed by atoms with Crippen molar-refractivity contribution in [2.45, 2.75) is 63.1 Å². The fourth-order valence-corrected chi connectivity index (χ4v) is 5.07. The second-order valence-corrected chi connectivity index (χ2v) is 11.6. The van der Waals surface area contributed by atoms with E-state index in [1.807, 2.05) is 30.3 Å². The number of rotatable bonds is 20. The van der Waals surface area contributed by atoms with Gasteiger partial charge in [0.25, 0.3) is 0 Å². The predicted molar refractivity (Wildman–Crippen MR) is 189 cm³/mol. The van der Waals surface area contributed by atoms with Gasteiger partial charge in [-0.3, -0.25) is 30.2 Å². The molecule has 0 spiro atoms. The van der Waals surface area contributed by atoms with Crippen LogP contribution in [0.5, 0.6) is 0 Å². The molecule has 266 valence electrons. The van der Waals surface area contributed by atoms with Crippen molar-refractivity contribution >= 4 is 35.6 Å². The third-order valence-corrected chi connectivity index (χ3v) is 7.79. The number of amides is 4. The molecule has 15 nitrogen and oxygen atoms in total. The van der Waals surface area contributed by atoms with Crippen LogP contribution in [0.25, 0.3) is 0 Å². The van der Waals surface area contributed by atoms with E-state index in [9.17, 15) is 19.2 Å². The average molecular weight is 687 g/mol. The topological polar surface area (TPSA) is 264 Å². The first-order valence-corrected chi connectivity index (χ1v) is 16.3. The van der Waals surface area contributed by atoms with Gasteiger partial charge in [0.2, 0.25) is 17.7 Å². The summed E-state index contributed by atoms with van der Waals surface area (Å²) in [6, 6.07) is 17.7. The number of guanidine groups is 1. The molecule has 0 radical (unpaired) electrons. The van der Waals surface area contributed by atoms with Crippen molar-refractivity contribution < 1.29 is 23.9 Å². The van der Waals surface area contributed by atoms with Gasteiger partial charge in [-0.25, -0.2) is 4.79 Å². The number of nitrogens with two attached hydrogens (primary N) is 3. The number of amidine groups is 1. The molecule has 0 aliphatic heterocycles. The van der Waals surface area contributed by atoms with Gasteiger partial charge in [-0.2, -0.15) is 0 Å². The van der Waals surface area contributed by atoms with Crippen LogP contribution >= 0.6 is 0 Å². The number of aromatic nitrogens is 1. The minimum atomic E-state index is -1.04. The van der Waals surface area contributed by atoms with E-state index in [1.54, 1.807) is 48.8 Å². The second-order valence-electron chi connectivity index (χ2n) is 11.6. The van der Waals surface area contributed by atoms with E-state index in [4.69, 9.17) is 32.8 Å². The van der Waals surface area contributed by atoms with E-state index in [0.29, 0.717) is 36.9 Å². The Bertz CT molecular complexity index is 1570. The maximum absolute atomic E-state index is 13.9. The quantitative estimate of drug-likeness (QED) is 0.0473. The molecule has 0 fully saturated rings. The van der Waals surface area contributed by atoms with Gasteiger partial charge in [-0.15, -0.1) is 0 Å². The lowest BCUT2D eigenvalue weighted by atomic mass is 9.91. The van der Waals surface area contributed by atoms with Crippen LogP contribution in [-0.4, -0.2) is 65.8 Å². The number of pyridine rings is 1. The lowest BCUT2D eigenvalue weighted by Gasteiger charge is -2.25. The minimum absolute atomic E-state index is 0.0735. The summed E-state index contributed by atoms with van der Waals surface area (Å²) in [6.45, 7) is 0.708. The summed E-state index contributed by atoms with van der Waals surface area (Å²) in [5.41, 5.74) is 19.3. The largest absolute Gasteiger partial charge is 0.445 e. The monoisotopic (exact) mass is 686 g/mol. The zero-order chi connectivity index (χ0) is 36.3. The Balaban J connectivity index is 1.69. The number of unbranched alkanes of at least 4 members (excludes halogenated alkanes) is 1. The van der Waals surface area contributed by atoms with Crippen molar-refractivity contribution in [2.24, 2.45) is 17.2 Å². The number of primary amides is 1. The molecule has 2 aromatic carbocycles. The molecule has 12 N–H and O–H groups in total. The van der Waals surface area contributed by atoms with Crippen LogP contribution in [0.4, 0.5) is 4.79 Å². The van der Waals surface area contributed by atoms with Gasteiger partial charge in [0.1, 0.15) is 24.5 Å². The van der Waals surface area contributed by atoms with E-state index in [0.717, 1.165) is 11.1 Å². The van der Waals surface area contributed by atoms with E-state index < -0.39 is 41.8 Å². The fourth-order valence-electron chi connectivity index (χ4n) is 5.07. The van der Waals surface area contributed by atoms with Gasteiger partial charge in [0, 0.05) is 31.0 Å². The lowest BCUT2D eigenvalue weighted by molar-refractivity contribution is -0.132. The number of nitrogens with zero attached hydrogens (tertiary/aromatic N) is 1. The predicted octanol–water partition coefficient (Wildman–Crippen LogP) is 1.51. The van der Waals surface area contributed by atoms with Crippen LogP contribution in [0.3, 0.4) is 0 Å². The first-order chi connectivity index (χ1) is 24.0. The van der Waals surface area contributed by atoms with E-state index in [1.165, 1.54) is 0 Å². The summed E-state index contributed by atoms with van der Waals surface area (Å²) in [6.07, 6.45) is 4.57. The summed E-state index contributed by atoms with van der Waals surface area (Å²) in [5, 5.41) is 25.8. The van der Waals surface area contributed by atoms with Crippen molar-refractivity contribution in [1.29, 1.82) is 10.8 Å². The van der Waals surface area contributed by atoms with E-state index in [-0.39, 0.29) is 44.2 Å². The van der Waals surface area contributed by atoms with Crippen molar-refractivity contribution in [2.75, 3.05) is 13.1 Å². The van der Waals surface area contributed by atoms with Gasteiger partial charge in [-0.1, -0.05) is 60.7 Å². The van der Waals surface area contributed by atoms with Crippen LogP contribution in [0.1, 0.15) is 60.3 Å². The van der Waals surface area contributed by atoms with Gasteiger partial charge in [-0.05, 0) is 61.3 Å². The number of nitrogens with one attached hydrogen (secondary N) is 6. The van der Waals surface area contributed by atoms with Gasteiger partial charge in [0.05, 0.1) is 5.92 Å². The maximum Gasteiger partial charge on any atom is 0.407 e. The highest BCUT2D eigenvalue weighted by Gasteiger charge is 2.29. The molecule has 50 heavy (non-hydrogen) atoms. The first-order valence-electron chi connectivity index (χ1n) is 16.3. The Kier molecular flexibility index (Phi) is 15.7. The van der Waals surface area contributed by atoms with Crippen molar-refractivity contribution in [1.82, 2.24) is 26.3 Å². The summed E-state index contributed by atoms with van der Waals surface area (Å²) in [4.78, 5) is 56.1. The van der Waals surface area contributed by atoms with Crippen LogP contribution in [-0.2, 0) is 32.1 Å². The number of carbonyl (C=O) groups is 4. The molecule has 3 rings (SSSR count). The fraction of sp³-hybridized carbons (Fsp3) is 0.343. The number of carbonyl (C=O) groups excluding carboxylic acids is 4. The summed E-state index contributed by atoms with van der Waals surface area (Å²) in [7, 11) is 0. The highest BCUT2D eigenvalue weighted by Crippen LogP contribution is 2.22. The molecule has 4 amide bonds. The summed E-state index contributed by atoms with van der Waals surface area (Å²) >= 11 is 0. The Labute approximate surface area is 291 Å². The molecular weight excluding hydrogens is 640 g/mol. The Morgan fingerprint density at radius 2 is 1.42 bits per heavy atom. The van der Waals surface area contributed by atoms with Crippen molar-refractivity contribution in [3.8, 4) is 0 Å². The first kappa shape index (κ1) is 38.5. The molecule has 3 atom stereocenters. The van der Waals surface area contributed by atoms with Crippen LogP contribution in [0.2, 0.25) is 0 Å². The maximum atomic E-state index is 13.9. The van der Waals surface area contributed by atoms with Gasteiger partial charge < -0.3 is 43.2 Å². The van der Waals surface area contributed by atoms with E-state index >= 15 is 0 Å². The van der Waals surface area contributed by atoms with E-state index in [2.05, 4.69) is 26.3 Å². The molecule has 0 unspecified atom stereocenters. The van der Waals surface area contributed by atoms with Crippen molar-refractivity contribution in [3.05, 3.63) is 101 Å². The molecule has 0 bridgehead atoms. The molecule has 1 heterocycles. The van der Waals surface area contributed by atoms with Gasteiger partial charge >= 0.3 is 6.09 Å². The van der Waals surface area contributed by atoms with Crippen LogP contribution in [0.15, 0.2) is 79.1 Å². The SMILES string of the molecule is N=C(N)NCCC[C@H](NC(=O)[C@H](CCCCNC(=O)OCc1ccccc1)NC(=O)[C@H](Cc1ccc(C(=N)N)cc1)c1cccnc1)C(N)=O. The lowest BCUT2D eigenvalue weighted by Crippen LogP contribution is -2.53. The Morgan fingerprint density at radius 1 is 0.740 bits per heavy atom. The normalized spacial score (nSPS) is 12.4. The summed E-state index contributed by atoms with van der Waals surface area (Å²) in [5.74, 6) is -2.79. The molecule has 0 aliphatic rings. The number of hydrogen-bond acceptors (Lipinski definition) is 8.